The molecule has 1 aromatic carbocycles. The van der Waals surface area contributed by atoms with E-state index in [2.05, 4.69) is 35.8 Å². The van der Waals surface area contributed by atoms with E-state index in [1.165, 1.54) is 0 Å². The molecule has 1 aliphatic rings. The van der Waals surface area contributed by atoms with Gasteiger partial charge in [-0.2, -0.15) is 0 Å². The molecule has 37 heavy (non-hydrogen) atoms. The fraction of sp³-hybridized carbons (Fsp3) is 0.222. The molecule has 10 nitrogen and oxygen atoms in total. The Morgan fingerprint density at radius 1 is 0.973 bits per heavy atom. The number of aliphatic carboxylic acids is 1. The molecule has 1 fully saturated rings. The van der Waals surface area contributed by atoms with E-state index >= 15 is 0 Å². The molecule has 3 N–H and O–H groups in total. The van der Waals surface area contributed by atoms with Gasteiger partial charge in [0, 0.05) is 73.0 Å². The van der Waals surface area contributed by atoms with Gasteiger partial charge in [-0.05, 0) is 36.4 Å². The Bertz CT molecular complexity index is 1590. The first-order chi connectivity index (χ1) is 18.0. The fourth-order valence-electron chi connectivity index (χ4n) is 4.34. The summed E-state index contributed by atoms with van der Waals surface area (Å²) in [4.78, 5) is 45.9. The Morgan fingerprint density at radius 2 is 1.76 bits per heavy atom. The van der Waals surface area contributed by atoms with E-state index in [-0.39, 0.29) is 12.0 Å². The van der Waals surface area contributed by atoms with E-state index in [4.69, 9.17) is 10.1 Å². The van der Waals surface area contributed by atoms with Crippen molar-refractivity contribution in [3.8, 4) is 11.3 Å². The van der Waals surface area contributed by atoms with Crippen molar-refractivity contribution >= 4 is 39.5 Å². The summed E-state index contributed by atoms with van der Waals surface area (Å²) in [6.07, 6.45) is 5.65. The topological polar surface area (TPSA) is 131 Å². The van der Waals surface area contributed by atoms with Crippen LogP contribution >= 0.6 is 0 Å². The molecule has 5 aromatic rings. The Balaban J connectivity index is 0.000000514. The van der Waals surface area contributed by atoms with Gasteiger partial charge in [0.1, 0.15) is 11.3 Å². The molecular weight excluding hydrogens is 470 g/mol. The lowest BCUT2D eigenvalue weighted by Crippen LogP contribution is -2.47. The summed E-state index contributed by atoms with van der Waals surface area (Å²) in [5, 5.41) is 9.62. The summed E-state index contributed by atoms with van der Waals surface area (Å²) < 4.78 is 0. The van der Waals surface area contributed by atoms with Crippen LogP contribution in [0.2, 0.25) is 0 Å². The third-order valence-corrected chi connectivity index (χ3v) is 6.31. The van der Waals surface area contributed by atoms with E-state index < -0.39 is 5.97 Å². The van der Waals surface area contributed by atoms with Gasteiger partial charge in [0.15, 0.2) is 0 Å². The number of rotatable bonds is 4. The molecule has 0 atom stereocenters. The number of piperazine rings is 1. The first kappa shape index (κ1) is 24.0. The minimum atomic E-state index is -0.745. The SMILES string of the molecule is CCC(=O)O.O=c1[nH]c2ccc(-c3ccnc(N4CCN(c5ccccn5)CC4)n3)cc2c2cc[nH]c12. The van der Waals surface area contributed by atoms with Gasteiger partial charge in [-0.3, -0.25) is 9.59 Å². The van der Waals surface area contributed by atoms with Gasteiger partial charge >= 0.3 is 5.97 Å². The maximum absolute atomic E-state index is 12.2. The summed E-state index contributed by atoms with van der Waals surface area (Å²) in [5.74, 6) is 0.994. The molecule has 1 saturated heterocycles. The highest BCUT2D eigenvalue weighted by molar-refractivity contribution is 6.05. The van der Waals surface area contributed by atoms with Gasteiger partial charge in [-0.25, -0.2) is 15.0 Å². The van der Waals surface area contributed by atoms with Gasteiger partial charge in [-0.15, -0.1) is 0 Å². The van der Waals surface area contributed by atoms with Gasteiger partial charge in [0.2, 0.25) is 5.95 Å². The van der Waals surface area contributed by atoms with E-state index in [0.29, 0.717) is 5.52 Å². The van der Waals surface area contributed by atoms with E-state index in [1.54, 1.807) is 13.1 Å². The van der Waals surface area contributed by atoms with Crippen LogP contribution in [0.15, 0.2) is 71.9 Å². The molecular formula is C27H27N7O3. The van der Waals surface area contributed by atoms with Crippen molar-refractivity contribution in [2.45, 2.75) is 13.3 Å². The molecule has 0 spiro atoms. The molecule has 5 heterocycles. The van der Waals surface area contributed by atoms with E-state index in [0.717, 1.165) is 65.5 Å². The predicted molar refractivity (Wildman–Crippen MR) is 144 cm³/mol. The summed E-state index contributed by atoms with van der Waals surface area (Å²) in [7, 11) is 0. The number of fused-ring (bicyclic) bond motifs is 3. The van der Waals surface area contributed by atoms with Crippen LogP contribution in [0.1, 0.15) is 13.3 Å². The van der Waals surface area contributed by atoms with Crippen molar-refractivity contribution in [2.75, 3.05) is 36.0 Å². The van der Waals surface area contributed by atoms with Crippen LogP contribution in [0.4, 0.5) is 11.8 Å². The van der Waals surface area contributed by atoms with E-state index in [1.807, 2.05) is 54.9 Å². The normalized spacial score (nSPS) is 13.4. The van der Waals surface area contributed by atoms with Gasteiger partial charge in [-0.1, -0.05) is 19.1 Å². The Hall–Kier alpha value is -4.73. The average molecular weight is 498 g/mol. The molecule has 0 aliphatic carbocycles. The number of carboxylic acids is 1. The zero-order valence-electron chi connectivity index (χ0n) is 20.4. The number of benzene rings is 1. The second kappa shape index (κ2) is 10.5. The van der Waals surface area contributed by atoms with Crippen LogP contribution in [0.3, 0.4) is 0 Å². The largest absolute Gasteiger partial charge is 0.481 e. The first-order valence-electron chi connectivity index (χ1n) is 12.1. The average Bonchev–Trinajstić information content (AvgIpc) is 3.45. The van der Waals surface area contributed by atoms with Crippen LogP contribution in [0, 0.1) is 0 Å². The lowest BCUT2D eigenvalue weighted by Gasteiger charge is -2.35. The number of aromatic nitrogens is 5. The molecule has 6 rings (SSSR count). The number of nitrogens with zero attached hydrogens (tertiary/aromatic N) is 5. The van der Waals surface area contributed by atoms with Crippen LogP contribution < -0.4 is 15.4 Å². The Labute approximate surface area is 212 Å². The zero-order valence-corrected chi connectivity index (χ0v) is 20.4. The number of hydrogen-bond donors (Lipinski definition) is 3. The van der Waals surface area contributed by atoms with Crippen LogP contribution in [0.25, 0.3) is 33.1 Å². The van der Waals surface area contributed by atoms with E-state index in [9.17, 15) is 9.59 Å². The standard InChI is InChI=1S/C24H21N7O.C3H6O2/c32-23-22-17(6-9-26-22)18-15-16(4-5-20(18)28-23)19-7-10-27-24(29-19)31-13-11-30(12-14-31)21-3-1-2-8-25-21;1-2-3(4)5/h1-10,15,26H,11-14H2,(H,28,32);2H2,1H3,(H,4,5). The molecule has 4 aromatic heterocycles. The summed E-state index contributed by atoms with van der Waals surface area (Å²) in [6.45, 7) is 5.02. The number of carbonyl (C=O) groups is 1. The first-order valence-corrected chi connectivity index (χ1v) is 12.1. The third-order valence-electron chi connectivity index (χ3n) is 6.31. The number of hydrogen-bond acceptors (Lipinski definition) is 7. The Morgan fingerprint density at radius 3 is 2.49 bits per heavy atom. The summed E-state index contributed by atoms with van der Waals surface area (Å²) in [6, 6.07) is 15.9. The maximum atomic E-state index is 12.2. The van der Waals surface area contributed by atoms with Crippen LogP contribution in [-0.2, 0) is 4.79 Å². The van der Waals surface area contributed by atoms with Crippen molar-refractivity contribution in [1.82, 2.24) is 24.9 Å². The fourth-order valence-corrected chi connectivity index (χ4v) is 4.34. The molecule has 0 bridgehead atoms. The smallest absolute Gasteiger partial charge is 0.303 e. The minimum Gasteiger partial charge on any atom is -0.481 e. The maximum Gasteiger partial charge on any atom is 0.303 e. The Kier molecular flexibility index (Phi) is 6.80. The quantitative estimate of drug-likeness (QED) is 0.343. The van der Waals surface area contributed by atoms with Crippen molar-refractivity contribution < 1.29 is 9.90 Å². The van der Waals surface area contributed by atoms with Crippen molar-refractivity contribution in [3.05, 3.63) is 77.5 Å². The molecule has 188 valence electrons. The highest BCUT2D eigenvalue weighted by Crippen LogP contribution is 2.27. The van der Waals surface area contributed by atoms with Crippen LogP contribution in [-0.4, -0.2) is 62.2 Å². The highest BCUT2D eigenvalue weighted by atomic mass is 16.4. The number of H-pyrrole nitrogens is 2. The van der Waals surface area contributed by atoms with Gasteiger partial charge in [0.25, 0.3) is 5.56 Å². The molecule has 0 amide bonds. The second-order valence-electron chi connectivity index (χ2n) is 8.63. The molecule has 0 radical (unpaired) electrons. The number of nitrogens with one attached hydrogen (secondary N) is 2. The zero-order chi connectivity index (χ0) is 25.8. The van der Waals surface area contributed by atoms with Crippen molar-refractivity contribution in [1.29, 1.82) is 0 Å². The lowest BCUT2D eigenvalue weighted by atomic mass is 10.1. The summed E-state index contributed by atoms with van der Waals surface area (Å²) >= 11 is 0. The number of anilines is 2. The lowest BCUT2D eigenvalue weighted by molar-refractivity contribution is -0.136. The molecule has 0 saturated carbocycles. The molecule has 0 unspecified atom stereocenters. The van der Waals surface area contributed by atoms with Gasteiger partial charge < -0.3 is 24.9 Å². The number of carboxylic acid groups (broad SMARTS) is 1. The van der Waals surface area contributed by atoms with Crippen LogP contribution in [0.5, 0.6) is 0 Å². The van der Waals surface area contributed by atoms with Gasteiger partial charge in [0.05, 0.1) is 5.69 Å². The second-order valence-corrected chi connectivity index (χ2v) is 8.63. The molecule has 10 heteroatoms. The summed E-state index contributed by atoms with van der Waals surface area (Å²) in [5.41, 5.74) is 3.13. The number of pyridine rings is 2. The predicted octanol–water partition coefficient (Wildman–Crippen LogP) is 3.67. The third kappa shape index (κ3) is 5.13. The highest BCUT2D eigenvalue weighted by Gasteiger charge is 2.20. The monoisotopic (exact) mass is 497 g/mol. The number of aromatic amines is 2. The minimum absolute atomic E-state index is 0.112. The molecule has 1 aliphatic heterocycles. The van der Waals surface area contributed by atoms with Crippen molar-refractivity contribution in [2.24, 2.45) is 0 Å². The van der Waals surface area contributed by atoms with Crippen molar-refractivity contribution in [3.63, 3.8) is 0 Å².